The van der Waals surface area contributed by atoms with Gasteiger partial charge in [-0.1, -0.05) is 12.8 Å². The highest BCUT2D eigenvalue weighted by molar-refractivity contribution is 5.85. The Morgan fingerprint density at radius 3 is 2.00 bits per heavy atom. The minimum absolute atomic E-state index is 0. The summed E-state index contributed by atoms with van der Waals surface area (Å²) in [5, 5.41) is 3.43. The summed E-state index contributed by atoms with van der Waals surface area (Å²) in [4.78, 5) is 0. The summed E-state index contributed by atoms with van der Waals surface area (Å²) in [6.07, 6.45) is 8.35. The molecule has 0 aromatic heterocycles. The van der Waals surface area contributed by atoms with E-state index < -0.39 is 0 Å². The number of piperidine rings is 1. The molecular weight excluding hydrogens is 210 g/mol. The predicted octanol–water partition coefficient (Wildman–Crippen LogP) is 2.61. The van der Waals surface area contributed by atoms with Crippen molar-refractivity contribution in [1.29, 1.82) is 0 Å². The van der Waals surface area contributed by atoms with Crippen LogP contribution in [0.25, 0.3) is 0 Å². The Hall–Kier alpha value is 0.210. The third kappa shape index (κ3) is 4.71. The van der Waals surface area contributed by atoms with Crippen molar-refractivity contribution in [2.24, 2.45) is 11.8 Å². The predicted molar refractivity (Wildman–Crippen MR) is 65.6 cm³/mol. The van der Waals surface area contributed by atoms with Gasteiger partial charge in [-0.05, 0) is 50.6 Å². The third-order valence-electron chi connectivity index (χ3n) is 3.78. The first kappa shape index (κ1) is 13.3. The van der Waals surface area contributed by atoms with Crippen LogP contribution in [-0.2, 0) is 4.74 Å². The molecule has 2 rings (SSSR count). The molecule has 2 aliphatic heterocycles. The van der Waals surface area contributed by atoms with Gasteiger partial charge in [-0.15, -0.1) is 12.4 Å². The van der Waals surface area contributed by atoms with Gasteiger partial charge in [-0.3, -0.25) is 0 Å². The summed E-state index contributed by atoms with van der Waals surface area (Å²) in [6, 6.07) is 0. The summed E-state index contributed by atoms with van der Waals surface area (Å²) >= 11 is 0. The van der Waals surface area contributed by atoms with Crippen LogP contribution in [0.5, 0.6) is 0 Å². The van der Waals surface area contributed by atoms with Crippen LogP contribution in [0, 0.1) is 11.8 Å². The topological polar surface area (TPSA) is 21.3 Å². The monoisotopic (exact) mass is 233 g/mol. The van der Waals surface area contributed by atoms with Crippen LogP contribution in [0.4, 0.5) is 0 Å². The van der Waals surface area contributed by atoms with E-state index in [2.05, 4.69) is 5.32 Å². The van der Waals surface area contributed by atoms with Crippen LogP contribution in [0.15, 0.2) is 0 Å². The molecule has 0 spiro atoms. The highest BCUT2D eigenvalue weighted by atomic mass is 35.5. The first-order valence-corrected chi connectivity index (χ1v) is 6.23. The summed E-state index contributed by atoms with van der Waals surface area (Å²) in [5.74, 6) is 1.98. The lowest BCUT2D eigenvalue weighted by atomic mass is 9.87. The Morgan fingerprint density at radius 2 is 1.40 bits per heavy atom. The normalized spacial score (nSPS) is 24.8. The zero-order valence-corrected chi connectivity index (χ0v) is 10.4. The highest BCUT2D eigenvalue weighted by Gasteiger charge is 2.17. The van der Waals surface area contributed by atoms with Crippen molar-refractivity contribution in [1.82, 2.24) is 5.32 Å². The summed E-state index contributed by atoms with van der Waals surface area (Å²) in [5.41, 5.74) is 0. The van der Waals surface area contributed by atoms with Crippen molar-refractivity contribution in [2.75, 3.05) is 26.3 Å². The van der Waals surface area contributed by atoms with E-state index in [1.54, 1.807) is 0 Å². The van der Waals surface area contributed by atoms with Gasteiger partial charge in [-0.2, -0.15) is 0 Å². The van der Waals surface area contributed by atoms with Crippen LogP contribution in [0.1, 0.15) is 38.5 Å². The Balaban J connectivity index is 0.00000112. The quantitative estimate of drug-likeness (QED) is 0.809. The van der Waals surface area contributed by atoms with Gasteiger partial charge in [0, 0.05) is 13.2 Å². The van der Waals surface area contributed by atoms with Crippen molar-refractivity contribution in [2.45, 2.75) is 38.5 Å². The van der Waals surface area contributed by atoms with Gasteiger partial charge in [0.15, 0.2) is 0 Å². The standard InChI is InChI=1S/C12H23NO.ClH/c1(11-3-7-13-8-4-11)2-12-5-9-14-10-6-12;/h11-13H,1-10H2;1H. The Bertz CT molecular complexity index is 136. The number of halogens is 1. The molecular formula is C12H24ClNO. The summed E-state index contributed by atoms with van der Waals surface area (Å²) in [6.45, 7) is 4.52. The number of hydrogen-bond acceptors (Lipinski definition) is 2. The van der Waals surface area contributed by atoms with E-state index in [0.717, 1.165) is 25.0 Å². The number of hydrogen-bond donors (Lipinski definition) is 1. The minimum atomic E-state index is 0. The average molecular weight is 234 g/mol. The van der Waals surface area contributed by atoms with E-state index >= 15 is 0 Å². The molecule has 0 aromatic rings. The number of rotatable bonds is 3. The van der Waals surface area contributed by atoms with Crippen molar-refractivity contribution in [3.05, 3.63) is 0 Å². The number of nitrogens with one attached hydrogen (secondary N) is 1. The summed E-state index contributed by atoms with van der Waals surface area (Å²) < 4.78 is 5.38. The molecule has 0 atom stereocenters. The fraction of sp³-hybridized carbons (Fsp3) is 1.00. The molecule has 1 N–H and O–H groups in total. The van der Waals surface area contributed by atoms with Gasteiger partial charge in [0.2, 0.25) is 0 Å². The summed E-state index contributed by atoms with van der Waals surface area (Å²) in [7, 11) is 0. The van der Waals surface area contributed by atoms with Gasteiger partial charge >= 0.3 is 0 Å². The molecule has 90 valence electrons. The van der Waals surface area contributed by atoms with Gasteiger partial charge in [0.05, 0.1) is 0 Å². The molecule has 0 amide bonds. The zero-order valence-electron chi connectivity index (χ0n) is 9.54. The maximum absolute atomic E-state index is 5.38. The second-order valence-corrected chi connectivity index (χ2v) is 4.83. The van der Waals surface area contributed by atoms with Crippen molar-refractivity contribution >= 4 is 12.4 Å². The Kier molecular flexibility index (Phi) is 6.62. The molecule has 15 heavy (non-hydrogen) atoms. The van der Waals surface area contributed by atoms with Crippen LogP contribution >= 0.6 is 12.4 Å². The molecule has 3 heteroatoms. The molecule has 2 saturated heterocycles. The van der Waals surface area contributed by atoms with Crippen LogP contribution in [-0.4, -0.2) is 26.3 Å². The maximum atomic E-state index is 5.38. The van der Waals surface area contributed by atoms with Gasteiger partial charge < -0.3 is 10.1 Å². The smallest absolute Gasteiger partial charge is 0.0468 e. The highest BCUT2D eigenvalue weighted by Crippen LogP contribution is 2.25. The third-order valence-corrected chi connectivity index (χ3v) is 3.78. The van der Waals surface area contributed by atoms with Crippen molar-refractivity contribution in [3.63, 3.8) is 0 Å². The van der Waals surface area contributed by atoms with Crippen LogP contribution in [0.3, 0.4) is 0 Å². The van der Waals surface area contributed by atoms with E-state index in [9.17, 15) is 0 Å². The van der Waals surface area contributed by atoms with E-state index in [4.69, 9.17) is 4.74 Å². The van der Waals surface area contributed by atoms with Crippen LogP contribution in [0.2, 0.25) is 0 Å². The van der Waals surface area contributed by atoms with Crippen molar-refractivity contribution in [3.8, 4) is 0 Å². The average Bonchev–Trinajstić information content (AvgIpc) is 2.29. The van der Waals surface area contributed by atoms with E-state index in [-0.39, 0.29) is 12.4 Å². The second-order valence-electron chi connectivity index (χ2n) is 4.83. The molecule has 0 aromatic carbocycles. The van der Waals surface area contributed by atoms with Gasteiger partial charge in [0.1, 0.15) is 0 Å². The SMILES string of the molecule is C1CC(CCC2CCOCC2)CCN1.Cl. The van der Waals surface area contributed by atoms with E-state index in [0.29, 0.717) is 0 Å². The molecule has 2 heterocycles. The molecule has 0 bridgehead atoms. The molecule has 2 fully saturated rings. The van der Waals surface area contributed by atoms with Crippen molar-refractivity contribution < 1.29 is 4.74 Å². The fourth-order valence-electron chi connectivity index (χ4n) is 2.68. The number of ether oxygens (including phenoxy) is 1. The lowest BCUT2D eigenvalue weighted by molar-refractivity contribution is 0.0613. The molecule has 0 unspecified atom stereocenters. The second kappa shape index (κ2) is 7.48. The molecule has 2 aliphatic rings. The van der Waals surface area contributed by atoms with Gasteiger partial charge in [-0.25, -0.2) is 0 Å². The van der Waals surface area contributed by atoms with E-state index in [1.165, 1.54) is 51.6 Å². The Morgan fingerprint density at radius 1 is 0.867 bits per heavy atom. The zero-order chi connectivity index (χ0) is 9.64. The lowest BCUT2D eigenvalue weighted by Gasteiger charge is -2.26. The largest absolute Gasteiger partial charge is 0.381 e. The minimum Gasteiger partial charge on any atom is -0.381 e. The van der Waals surface area contributed by atoms with Crippen LogP contribution < -0.4 is 5.32 Å². The van der Waals surface area contributed by atoms with E-state index in [1.807, 2.05) is 0 Å². The Labute approximate surface area is 99.6 Å². The molecule has 0 aliphatic carbocycles. The molecule has 2 nitrogen and oxygen atoms in total. The first-order valence-electron chi connectivity index (χ1n) is 6.23. The molecule has 0 radical (unpaired) electrons. The first-order chi connectivity index (χ1) is 6.95. The lowest BCUT2D eigenvalue weighted by Crippen LogP contribution is -2.28. The molecule has 0 saturated carbocycles. The fourth-order valence-corrected chi connectivity index (χ4v) is 2.68. The maximum Gasteiger partial charge on any atom is 0.0468 e. The van der Waals surface area contributed by atoms with Gasteiger partial charge in [0.25, 0.3) is 0 Å².